The lowest BCUT2D eigenvalue weighted by Crippen LogP contribution is -2.30. The standard InChI is InChI=1S/C28H30BN5O5/c1-17-14-22-20(26(30)35)8-4-10-23(22)34(17)28-32-25-21(9-5-11-24(25)39-13-12-38-2)27(33-28)31-16-18-6-3-7-19(15-18)29(36)37/h3-11,15,17,36-37H,12-14,16H2,1-2H3,(H2,30,35)(H,31,32,33). The summed E-state index contributed by atoms with van der Waals surface area (Å²) in [5.74, 6) is 1.18. The van der Waals surface area contributed by atoms with Gasteiger partial charge in [-0.25, -0.2) is 4.98 Å². The number of fused-ring (bicyclic) bond motifs is 2. The topological polar surface area (TPSA) is 143 Å². The van der Waals surface area contributed by atoms with Crippen molar-refractivity contribution in [3.8, 4) is 5.75 Å². The van der Waals surface area contributed by atoms with Gasteiger partial charge in [0, 0.05) is 36.3 Å². The van der Waals surface area contributed by atoms with Gasteiger partial charge in [0.25, 0.3) is 0 Å². The van der Waals surface area contributed by atoms with E-state index in [0.717, 1.165) is 22.2 Å². The SMILES string of the molecule is COCCOc1cccc2c(NCc3cccc(B(O)O)c3)nc(N3c4cccc(C(N)=O)c4CC3C)nc12. The quantitative estimate of drug-likeness (QED) is 0.180. The van der Waals surface area contributed by atoms with E-state index in [2.05, 4.69) is 12.2 Å². The van der Waals surface area contributed by atoms with Crippen molar-refractivity contribution in [2.45, 2.75) is 25.9 Å². The summed E-state index contributed by atoms with van der Waals surface area (Å²) in [5, 5.41) is 23.3. The number of primary amides is 1. The van der Waals surface area contributed by atoms with Crippen molar-refractivity contribution in [3.05, 3.63) is 77.4 Å². The van der Waals surface area contributed by atoms with Crippen LogP contribution in [0.15, 0.2) is 60.7 Å². The molecule has 3 aromatic carbocycles. The van der Waals surface area contributed by atoms with Crippen LogP contribution in [-0.4, -0.2) is 59.4 Å². The van der Waals surface area contributed by atoms with E-state index in [1.165, 1.54) is 0 Å². The third-order valence-electron chi connectivity index (χ3n) is 6.76. The van der Waals surface area contributed by atoms with E-state index in [1.807, 2.05) is 41.3 Å². The van der Waals surface area contributed by atoms with Gasteiger partial charge in [-0.3, -0.25) is 4.79 Å². The lowest BCUT2D eigenvalue weighted by Gasteiger charge is -2.24. The highest BCUT2D eigenvalue weighted by atomic mass is 16.5. The first-order valence-electron chi connectivity index (χ1n) is 12.7. The van der Waals surface area contributed by atoms with Crippen LogP contribution in [0.3, 0.4) is 0 Å². The molecule has 0 bridgehead atoms. The van der Waals surface area contributed by atoms with Crippen molar-refractivity contribution in [2.75, 3.05) is 30.5 Å². The predicted molar refractivity (Wildman–Crippen MR) is 151 cm³/mol. The highest BCUT2D eigenvalue weighted by molar-refractivity contribution is 6.58. The molecular weight excluding hydrogens is 497 g/mol. The van der Waals surface area contributed by atoms with Gasteiger partial charge >= 0.3 is 7.12 Å². The molecule has 5 N–H and O–H groups in total. The molecular formula is C28H30BN5O5. The van der Waals surface area contributed by atoms with Crippen LogP contribution in [0.25, 0.3) is 10.9 Å². The van der Waals surface area contributed by atoms with Crippen LogP contribution in [0, 0.1) is 0 Å². The third kappa shape index (κ3) is 5.37. The molecule has 1 amide bonds. The van der Waals surface area contributed by atoms with Gasteiger partial charge in [-0.15, -0.1) is 0 Å². The minimum atomic E-state index is -1.55. The second kappa shape index (κ2) is 11.3. The molecule has 1 aliphatic rings. The van der Waals surface area contributed by atoms with E-state index in [0.29, 0.717) is 60.2 Å². The van der Waals surface area contributed by atoms with Gasteiger partial charge in [-0.05, 0) is 54.2 Å². The molecule has 0 saturated carbocycles. The van der Waals surface area contributed by atoms with Crippen LogP contribution in [0.4, 0.5) is 17.5 Å². The number of hydrogen-bond acceptors (Lipinski definition) is 9. The molecule has 1 aromatic heterocycles. The summed E-state index contributed by atoms with van der Waals surface area (Å²) in [4.78, 5) is 24.0. The minimum absolute atomic E-state index is 0.0184. The van der Waals surface area contributed by atoms with E-state index in [4.69, 9.17) is 25.2 Å². The molecule has 0 radical (unpaired) electrons. The molecule has 11 heteroatoms. The maximum absolute atomic E-state index is 12.1. The number of amides is 1. The highest BCUT2D eigenvalue weighted by Gasteiger charge is 2.32. The number of nitrogens with two attached hydrogens (primary N) is 1. The second-order valence-corrected chi connectivity index (χ2v) is 9.43. The normalized spacial score (nSPS) is 14.4. The van der Waals surface area contributed by atoms with E-state index < -0.39 is 13.0 Å². The Bertz CT molecular complexity index is 1520. The fourth-order valence-corrected chi connectivity index (χ4v) is 4.93. The first-order chi connectivity index (χ1) is 18.9. The molecule has 0 aliphatic carbocycles. The van der Waals surface area contributed by atoms with E-state index >= 15 is 0 Å². The lowest BCUT2D eigenvalue weighted by molar-refractivity contribution is 0.0999. The first kappa shape index (κ1) is 26.4. The fourth-order valence-electron chi connectivity index (χ4n) is 4.93. The molecule has 1 aliphatic heterocycles. The van der Waals surface area contributed by atoms with Crippen LogP contribution in [-0.2, 0) is 17.7 Å². The summed E-state index contributed by atoms with van der Waals surface area (Å²) >= 11 is 0. The summed E-state index contributed by atoms with van der Waals surface area (Å²) in [6.45, 7) is 3.23. The maximum atomic E-state index is 12.1. The zero-order chi connectivity index (χ0) is 27.5. The van der Waals surface area contributed by atoms with Crippen LogP contribution in [0.2, 0.25) is 0 Å². The molecule has 0 spiro atoms. The highest BCUT2D eigenvalue weighted by Crippen LogP contribution is 2.40. The monoisotopic (exact) mass is 527 g/mol. The molecule has 200 valence electrons. The number of ether oxygens (including phenoxy) is 2. The van der Waals surface area contributed by atoms with Crippen molar-refractivity contribution in [1.29, 1.82) is 0 Å². The Labute approximate surface area is 226 Å². The third-order valence-corrected chi connectivity index (χ3v) is 6.76. The molecule has 10 nitrogen and oxygen atoms in total. The number of methoxy groups -OCH3 is 1. The number of rotatable bonds is 10. The van der Waals surface area contributed by atoms with Gasteiger partial charge in [0.15, 0.2) is 0 Å². The van der Waals surface area contributed by atoms with Crippen molar-refractivity contribution in [3.63, 3.8) is 0 Å². The first-order valence-corrected chi connectivity index (χ1v) is 12.7. The largest absolute Gasteiger partial charge is 0.489 e. The summed E-state index contributed by atoms with van der Waals surface area (Å²) < 4.78 is 11.2. The number of nitrogens with zero attached hydrogens (tertiary/aromatic N) is 3. The van der Waals surface area contributed by atoms with Gasteiger partial charge in [0.05, 0.1) is 6.61 Å². The fraction of sp³-hybridized carbons (Fsp3) is 0.250. The summed E-state index contributed by atoms with van der Waals surface area (Å²) in [6.07, 6.45) is 0.626. The van der Waals surface area contributed by atoms with E-state index in [1.54, 1.807) is 31.4 Å². The number of benzene rings is 3. The number of aromatic nitrogens is 2. The van der Waals surface area contributed by atoms with Gasteiger partial charge in [0.1, 0.15) is 23.7 Å². The molecule has 5 rings (SSSR count). The molecule has 4 aromatic rings. The van der Waals surface area contributed by atoms with Crippen molar-refractivity contribution in [1.82, 2.24) is 9.97 Å². The van der Waals surface area contributed by atoms with Crippen LogP contribution in [0.1, 0.15) is 28.4 Å². The molecule has 1 atom stereocenters. The molecule has 0 fully saturated rings. The Morgan fingerprint density at radius 1 is 1.13 bits per heavy atom. The lowest BCUT2D eigenvalue weighted by atomic mass is 9.80. The summed E-state index contributed by atoms with van der Waals surface area (Å²) in [5.41, 5.74) is 9.76. The van der Waals surface area contributed by atoms with Gasteiger partial charge in [-0.2, -0.15) is 4.98 Å². The Hall–Kier alpha value is -4.19. The van der Waals surface area contributed by atoms with E-state index in [9.17, 15) is 14.8 Å². The Morgan fingerprint density at radius 3 is 2.69 bits per heavy atom. The van der Waals surface area contributed by atoms with Crippen molar-refractivity contribution >= 4 is 46.8 Å². The minimum Gasteiger partial charge on any atom is -0.489 e. The summed E-state index contributed by atoms with van der Waals surface area (Å²) in [6, 6.07) is 18.2. The van der Waals surface area contributed by atoms with Crippen LogP contribution in [0.5, 0.6) is 5.75 Å². The number of carbonyl (C=O) groups excluding carboxylic acids is 1. The number of para-hydroxylation sites is 1. The zero-order valence-corrected chi connectivity index (χ0v) is 21.8. The molecule has 0 saturated heterocycles. The van der Waals surface area contributed by atoms with Gasteiger partial charge in [0.2, 0.25) is 11.9 Å². The zero-order valence-electron chi connectivity index (χ0n) is 21.8. The average Bonchev–Trinajstić information content (AvgIpc) is 3.27. The van der Waals surface area contributed by atoms with Crippen molar-refractivity contribution < 1.29 is 24.3 Å². The Balaban J connectivity index is 1.59. The summed E-state index contributed by atoms with van der Waals surface area (Å²) in [7, 11) is 0.0665. The number of nitrogens with one attached hydrogen (secondary N) is 1. The van der Waals surface area contributed by atoms with Crippen molar-refractivity contribution in [2.24, 2.45) is 5.73 Å². The number of anilines is 3. The predicted octanol–water partition coefficient (Wildman–Crippen LogP) is 2.13. The number of carbonyl (C=O) groups is 1. The molecule has 1 unspecified atom stereocenters. The van der Waals surface area contributed by atoms with E-state index in [-0.39, 0.29) is 6.04 Å². The maximum Gasteiger partial charge on any atom is 0.488 e. The van der Waals surface area contributed by atoms with Gasteiger partial charge < -0.3 is 35.5 Å². The molecule has 39 heavy (non-hydrogen) atoms. The second-order valence-electron chi connectivity index (χ2n) is 9.43. The molecule has 2 heterocycles. The Morgan fingerprint density at radius 2 is 1.92 bits per heavy atom. The van der Waals surface area contributed by atoms with Crippen LogP contribution >= 0.6 is 0 Å². The van der Waals surface area contributed by atoms with Gasteiger partial charge in [-0.1, -0.05) is 36.4 Å². The number of hydrogen-bond donors (Lipinski definition) is 4. The van der Waals surface area contributed by atoms with Crippen LogP contribution < -0.4 is 26.2 Å². The average molecular weight is 527 g/mol. The smallest absolute Gasteiger partial charge is 0.488 e. The Kier molecular flexibility index (Phi) is 7.64.